The van der Waals surface area contributed by atoms with E-state index in [2.05, 4.69) is 22.6 Å². The number of fused-ring (bicyclic) bond motifs is 2. The molecule has 2 aromatic carbocycles. The molecular formula is C26H24N6OS. The average Bonchev–Trinajstić information content (AvgIpc) is 3.46. The first kappa shape index (κ1) is 21.8. The fraction of sp³-hybridized carbons (Fsp3) is 0.154. The number of carbonyl (C=O) groups is 1. The second kappa shape index (κ2) is 9.44. The van der Waals surface area contributed by atoms with Gasteiger partial charge in [0.15, 0.2) is 5.65 Å². The Morgan fingerprint density at radius 2 is 1.82 bits per heavy atom. The largest absolute Gasteiger partial charge is 0.383 e. The molecule has 3 N–H and O–H groups in total. The van der Waals surface area contributed by atoms with E-state index in [1.807, 2.05) is 66.9 Å². The van der Waals surface area contributed by atoms with Gasteiger partial charge in [0.25, 0.3) is 5.91 Å². The van der Waals surface area contributed by atoms with Crippen LogP contribution in [0, 0.1) is 0 Å². The van der Waals surface area contributed by atoms with Crippen molar-refractivity contribution in [3.63, 3.8) is 0 Å². The van der Waals surface area contributed by atoms with E-state index in [9.17, 15) is 4.79 Å². The van der Waals surface area contributed by atoms with Gasteiger partial charge in [0.1, 0.15) is 16.9 Å². The highest BCUT2D eigenvalue weighted by Crippen LogP contribution is 2.28. The van der Waals surface area contributed by atoms with Gasteiger partial charge < -0.3 is 11.1 Å². The zero-order valence-electron chi connectivity index (χ0n) is 18.7. The number of para-hydroxylation sites is 2. The second-order valence-corrected chi connectivity index (χ2v) is 9.09. The highest BCUT2D eigenvalue weighted by molar-refractivity contribution is 7.11. The van der Waals surface area contributed by atoms with Gasteiger partial charge in [-0.2, -0.15) is 9.78 Å². The maximum absolute atomic E-state index is 13.4. The molecular weight excluding hydrogens is 444 g/mol. The molecule has 1 atom stereocenters. The summed E-state index contributed by atoms with van der Waals surface area (Å²) in [5.41, 5.74) is 10.3. The Labute approximate surface area is 201 Å². The van der Waals surface area contributed by atoms with Crippen LogP contribution < -0.4 is 11.1 Å². The number of nitrogens with zero attached hydrogens (tertiary/aromatic N) is 4. The van der Waals surface area contributed by atoms with Crippen LogP contribution in [-0.4, -0.2) is 32.8 Å². The van der Waals surface area contributed by atoms with Crippen molar-refractivity contribution < 1.29 is 4.79 Å². The van der Waals surface area contributed by atoms with Crippen molar-refractivity contribution in [2.75, 3.05) is 5.73 Å². The number of anilines is 1. The van der Waals surface area contributed by atoms with Gasteiger partial charge in [-0.25, -0.2) is 9.97 Å². The van der Waals surface area contributed by atoms with Gasteiger partial charge in [-0.3, -0.25) is 4.79 Å². The van der Waals surface area contributed by atoms with Crippen LogP contribution >= 0.6 is 11.3 Å². The molecule has 0 saturated heterocycles. The summed E-state index contributed by atoms with van der Waals surface area (Å²) in [6.07, 6.45) is 3.38. The number of hydrogen-bond donors (Lipinski definition) is 2. The normalized spacial score (nSPS) is 12.5. The summed E-state index contributed by atoms with van der Waals surface area (Å²) in [4.78, 5) is 23.8. The first-order valence-electron chi connectivity index (χ1n) is 11.1. The number of nitrogens with two attached hydrogens (primary N) is 1. The molecule has 7 nitrogen and oxygen atoms in total. The lowest BCUT2D eigenvalue weighted by Crippen LogP contribution is -2.33. The van der Waals surface area contributed by atoms with Crippen LogP contribution in [0.3, 0.4) is 0 Å². The zero-order valence-corrected chi connectivity index (χ0v) is 19.5. The van der Waals surface area contributed by atoms with E-state index in [1.165, 1.54) is 10.2 Å². The Hall–Kier alpha value is -4.04. The van der Waals surface area contributed by atoms with Gasteiger partial charge in [-0.1, -0.05) is 48.5 Å². The van der Waals surface area contributed by atoms with Gasteiger partial charge in [0.2, 0.25) is 0 Å². The third-order valence-electron chi connectivity index (χ3n) is 5.63. The highest BCUT2D eigenvalue weighted by atomic mass is 32.1. The first-order chi connectivity index (χ1) is 16.6. The van der Waals surface area contributed by atoms with Crippen LogP contribution in [0.2, 0.25) is 0 Å². The smallest absolute Gasteiger partial charge is 0.257 e. The summed E-state index contributed by atoms with van der Waals surface area (Å²) in [6, 6.07) is 21.6. The van der Waals surface area contributed by atoms with Crippen LogP contribution in [0.4, 0.5) is 5.82 Å². The molecule has 0 fully saturated rings. The SMILES string of the molecule is CC(CCc1ccccc1)NC(=O)c1c(N)n(/N=C/c2cccs2)c2nc3ccccc3nc12. The molecule has 0 aliphatic heterocycles. The zero-order chi connectivity index (χ0) is 23.5. The van der Waals surface area contributed by atoms with E-state index in [-0.39, 0.29) is 17.8 Å². The molecule has 3 aromatic heterocycles. The van der Waals surface area contributed by atoms with E-state index in [1.54, 1.807) is 17.6 Å². The Balaban J connectivity index is 1.49. The fourth-order valence-electron chi connectivity index (χ4n) is 3.86. The monoisotopic (exact) mass is 468 g/mol. The van der Waals surface area contributed by atoms with Crippen LogP contribution in [0.5, 0.6) is 0 Å². The molecule has 0 aliphatic carbocycles. The molecule has 34 heavy (non-hydrogen) atoms. The minimum atomic E-state index is -0.280. The summed E-state index contributed by atoms with van der Waals surface area (Å²) in [5.74, 6) is -0.0661. The van der Waals surface area contributed by atoms with E-state index in [0.717, 1.165) is 17.7 Å². The molecule has 5 rings (SSSR count). The lowest BCUT2D eigenvalue weighted by molar-refractivity contribution is 0.0940. The third-order valence-corrected chi connectivity index (χ3v) is 6.44. The molecule has 1 amide bonds. The number of aryl methyl sites for hydroxylation is 1. The van der Waals surface area contributed by atoms with Crippen molar-refractivity contribution in [1.29, 1.82) is 0 Å². The number of hydrogen-bond acceptors (Lipinski definition) is 6. The minimum absolute atomic E-state index is 0.0476. The number of benzene rings is 2. The van der Waals surface area contributed by atoms with Crippen molar-refractivity contribution in [2.45, 2.75) is 25.8 Å². The second-order valence-electron chi connectivity index (χ2n) is 8.12. The molecule has 8 heteroatoms. The predicted octanol–water partition coefficient (Wildman–Crippen LogP) is 4.86. The van der Waals surface area contributed by atoms with Crippen molar-refractivity contribution in [1.82, 2.24) is 20.0 Å². The number of rotatable bonds is 7. The molecule has 0 spiro atoms. The summed E-state index contributed by atoms with van der Waals surface area (Å²) in [6.45, 7) is 1.99. The quantitative estimate of drug-likeness (QED) is 0.333. The molecule has 5 aromatic rings. The molecule has 0 saturated carbocycles. The van der Waals surface area contributed by atoms with Crippen molar-refractivity contribution in [3.8, 4) is 0 Å². The van der Waals surface area contributed by atoms with Crippen LogP contribution in [0.1, 0.15) is 34.1 Å². The average molecular weight is 469 g/mol. The van der Waals surface area contributed by atoms with Gasteiger partial charge >= 0.3 is 0 Å². The lowest BCUT2D eigenvalue weighted by Gasteiger charge is -2.14. The molecule has 3 heterocycles. The van der Waals surface area contributed by atoms with Crippen LogP contribution in [0.15, 0.2) is 77.2 Å². The summed E-state index contributed by atoms with van der Waals surface area (Å²) in [5, 5.41) is 9.59. The Bertz CT molecular complexity index is 1470. The number of amides is 1. The standard InChI is InChI=1S/C26H24N6OS/c1-17(13-14-18-8-3-2-4-9-18)29-26(33)22-23-25(31-21-12-6-5-11-20(21)30-23)32(24(22)27)28-16-19-10-7-15-34-19/h2-12,15-17H,13-14,27H2,1H3,(H,29,33)/b28-16+. The van der Waals surface area contributed by atoms with E-state index in [4.69, 9.17) is 15.7 Å². The van der Waals surface area contributed by atoms with Crippen LogP contribution in [0.25, 0.3) is 22.2 Å². The lowest BCUT2D eigenvalue weighted by atomic mass is 10.1. The van der Waals surface area contributed by atoms with Crippen molar-refractivity contribution >= 4 is 51.5 Å². The van der Waals surface area contributed by atoms with Crippen LogP contribution in [-0.2, 0) is 6.42 Å². The Morgan fingerprint density at radius 3 is 2.56 bits per heavy atom. The summed E-state index contributed by atoms with van der Waals surface area (Å²) in [7, 11) is 0. The molecule has 0 aliphatic rings. The Kier molecular flexibility index (Phi) is 6.05. The number of nitrogen functional groups attached to an aromatic ring is 1. The maximum atomic E-state index is 13.4. The highest BCUT2D eigenvalue weighted by Gasteiger charge is 2.25. The van der Waals surface area contributed by atoms with E-state index >= 15 is 0 Å². The molecule has 1 unspecified atom stereocenters. The van der Waals surface area contributed by atoms with Crippen molar-refractivity contribution in [3.05, 3.63) is 88.1 Å². The topological polar surface area (TPSA) is 98.2 Å². The number of carbonyl (C=O) groups excluding carboxylic acids is 1. The fourth-order valence-corrected chi connectivity index (χ4v) is 4.44. The van der Waals surface area contributed by atoms with Crippen molar-refractivity contribution in [2.24, 2.45) is 5.10 Å². The minimum Gasteiger partial charge on any atom is -0.383 e. The summed E-state index contributed by atoms with van der Waals surface area (Å²) < 4.78 is 1.50. The molecule has 0 bridgehead atoms. The third kappa shape index (κ3) is 4.40. The van der Waals surface area contributed by atoms with E-state index < -0.39 is 0 Å². The number of nitrogens with one attached hydrogen (secondary N) is 1. The summed E-state index contributed by atoms with van der Waals surface area (Å²) >= 11 is 1.56. The molecule has 0 radical (unpaired) electrons. The number of thiophene rings is 1. The van der Waals surface area contributed by atoms with Gasteiger partial charge in [-0.05, 0) is 48.9 Å². The van der Waals surface area contributed by atoms with Gasteiger partial charge in [-0.15, -0.1) is 11.3 Å². The van der Waals surface area contributed by atoms with Gasteiger partial charge in [0, 0.05) is 10.9 Å². The first-order valence-corrected chi connectivity index (χ1v) is 12.0. The van der Waals surface area contributed by atoms with E-state index in [0.29, 0.717) is 27.8 Å². The Morgan fingerprint density at radius 1 is 1.09 bits per heavy atom. The molecule has 170 valence electrons. The number of aromatic nitrogens is 3. The predicted molar refractivity (Wildman–Crippen MR) is 138 cm³/mol. The van der Waals surface area contributed by atoms with Gasteiger partial charge in [0.05, 0.1) is 17.2 Å². The maximum Gasteiger partial charge on any atom is 0.257 e.